The van der Waals surface area contributed by atoms with Crippen LogP contribution in [-0.2, 0) is 4.79 Å². The van der Waals surface area contributed by atoms with Gasteiger partial charge in [-0.05, 0) is 70.6 Å². The van der Waals surface area contributed by atoms with Crippen LogP contribution in [0.4, 0.5) is 0 Å². The SMILES string of the molecule is CCCCCCCCCC/C=C\CCCCCCCCCCCCCCCCCCCC(=O)NC(CO)C(O)/C=C/CC/C=C/CC/C=C/CCCCCCCCCCC. The van der Waals surface area contributed by atoms with Crippen LogP contribution in [-0.4, -0.2) is 34.9 Å². The van der Waals surface area contributed by atoms with Crippen LogP contribution in [0.3, 0.4) is 0 Å². The number of unbranched alkanes of at least 4 members (excludes halogenated alkanes) is 36. The minimum Gasteiger partial charge on any atom is -0.394 e. The van der Waals surface area contributed by atoms with Gasteiger partial charge in [0.15, 0.2) is 0 Å². The summed E-state index contributed by atoms with van der Waals surface area (Å²) in [5.41, 5.74) is 0. The molecule has 0 heterocycles. The quantitative estimate of drug-likeness (QED) is 0.0422. The van der Waals surface area contributed by atoms with Gasteiger partial charge in [-0.3, -0.25) is 4.79 Å². The highest BCUT2D eigenvalue weighted by atomic mass is 16.3. The first-order chi connectivity index (χ1) is 29.7. The minimum atomic E-state index is -0.870. The van der Waals surface area contributed by atoms with E-state index in [0.29, 0.717) is 6.42 Å². The fraction of sp³-hybridized carbons (Fsp3) is 0.839. The number of carbonyl (C=O) groups excluding carboxylic acids is 1. The molecule has 3 N–H and O–H groups in total. The third-order valence-corrected chi connectivity index (χ3v) is 12.3. The van der Waals surface area contributed by atoms with Crippen molar-refractivity contribution in [2.75, 3.05) is 6.61 Å². The zero-order valence-corrected chi connectivity index (χ0v) is 40.5. The maximum Gasteiger partial charge on any atom is 0.220 e. The average molecular weight is 840 g/mol. The van der Waals surface area contributed by atoms with Gasteiger partial charge in [-0.1, -0.05) is 255 Å². The largest absolute Gasteiger partial charge is 0.394 e. The Hall–Kier alpha value is -1.65. The van der Waals surface area contributed by atoms with E-state index in [-0.39, 0.29) is 12.5 Å². The maximum atomic E-state index is 12.4. The van der Waals surface area contributed by atoms with Gasteiger partial charge in [0.1, 0.15) is 0 Å². The van der Waals surface area contributed by atoms with Crippen LogP contribution >= 0.6 is 0 Å². The molecule has 0 fully saturated rings. The number of carbonyl (C=O) groups is 1. The van der Waals surface area contributed by atoms with Crippen molar-refractivity contribution in [3.63, 3.8) is 0 Å². The molecule has 0 saturated carbocycles. The van der Waals surface area contributed by atoms with Crippen molar-refractivity contribution in [3.8, 4) is 0 Å². The molecule has 352 valence electrons. The summed E-state index contributed by atoms with van der Waals surface area (Å²) in [4.78, 5) is 12.4. The van der Waals surface area contributed by atoms with Crippen molar-refractivity contribution >= 4 is 5.91 Å². The van der Waals surface area contributed by atoms with E-state index in [1.165, 1.54) is 225 Å². The Kier molecular flexibility index (Phi) is 50.3. The van der Waals surface area contributed by atoms with Crippen LogP contribution in [0.15, 0.2) is 48.6 Å². The molecule has 0 aromatic carbocycles. The molecule has 0 spiro atoms. The molecule has 0 aromatic rings. The molecule has 0 aliphatic heterocycles. The standard InChI is InChI=1S/C56H105NO3/c1-3-5-7-9-11-13-15-17-19-21-23-24-25-26-27-28-29-30-31-32-34-36-38-40-42-44-46-48-50-52-56(60)57-54(53-58)55(59)51-49-47-45-43-41-39-37-35-33-22-20-18-16-14-12-10-8-6-4-2/h21,23,33,35,41,43,49,51,54-55,58-59H,3-20,22,24-32,34,36-40,42,44-48,50,52-53H2,1-2H3,(H,57,60)/b23-21-,35-33+,43-41+,51-49+. The van der Waals surface area contributed by atoms with Crippen molar-refractivity contribution in [2.24, 2.45) is 0 Å². The lowest BCUT2D eigenvalue weighted by Gasteiger charge is -2.19. The number of hydrogen-bond acceptors (Lipinski definition) is 3. The van der Waals surface area contributed by atoms with Gasteiger partial charge in [-0.25, -0.2) is 0 Å². The van der Waals surface area contributed by atoms with Gasteiger partial charge in [0, 0.05) is 6.42 Å². The highest BCUT2D eigenvalue weighted by Crippen LogP contribution is 2.16. The van der Waals surface area contributed by atoms with Gasteiger partial charge < -0.3 is 15.5 Å². The lowest BCUT2D eigenvalue weighted by atomic mass is 10.0. The van der Waals surface area contributed by atoms with E-state index < -0.39 is 12.1 Å². The predicted molar refractivity (Wildman–Crippen MR) is 267 cm³/mol. The first-order valence-corrected chi connectivity index (χ1v) is 26.9. The van der Waals surface area contributed by atoms with Crippen molar-refractivity contribution < 1.29 is 15.0 Å². The molecule has 4 heteroatoms. The summed E-state index contributed by atoms with van der Waals surface area (Å²) in [6.07, 6.45) is 71.2. The lowest BCUT2D eigenvalue weighted by molar-refractivity contribution is -0.123. The lowest BCUT2D eigenvalue weighted by Crippen LogP contribution is -2.45. The second-order valence-corrected chi connectivity index (χ2v) is 18.3. The van der Waals surface area contributed by atoms with Crippen LogP contribution in [0.5, 0.6) is 0 Å². The van der Waals surface area contributed by atoms with Crippen molar-refractivity contribution in [2.45, 2.75) is 296 Å². The van der Waals surface area contributed by atoms with Crippen LogP contribution in [0.2, 0.25) is 0 Å². The zero-order valence-electron chi connectivity index (χ0n) is 40.5. The van der Waals surface area contributed by atoms with Gasteiger partial charge in [-0.2, -0.15) is 0 Å². The number of hydrogen-bond donors (Lipinski definition) is 3. The van der Waals surface area contributed by atoms with Gasteiger partial charge in [0.2, 0.25) is 5.91 Å². The number of allylic oxidation sites excluding steroid dienone is 7. The summed E-state index contributed by atoms with van der Waals surface area (Å²) in [5, 5.41) is 23.1. The summed E-state index contributed by atoms with van der Waals surface area (Å²) >= 11 is 0. The molecule has 0 rings (SSSR count). The molecule has 60 heavy (non-hydrogen) atoms. The van der Waals surface area contributed by atoms with E-state index in [1.807, 2.05) is 6.08 Å². The summed E-state index contributed by atoms with van der Waals surface area (Å²) in [6.45, 7) is 4.31. The molecule has 0 saturated heterocycles. The second kappa shape index (κ2) is 51.7. The first kappa shape index (κ1) is 58.4. The predicted octanol–water partition coefficient (Wildman–Crippen LogP) is 17.5. The van der Waals surface area contributed by atoms with Crippen LogP contribution in [0.25, 0.3) is 0 Å². The Morgan fingerprint density at radius 3 is 0.967 bits per heavy atom. The second-order valence-electron chi connectivity index (χ2n) is 18.3. The Labute approximate surface area is 375 Å². The fourth-order valence-electron chi connectivity index (χ4n) is 8.15. The van der Waals surface area contributed by atoms with Crippen molar-refractivity contribution in [1.82, 2.24) is 5.32 Å². The van der Waals surface area contributed by atoms with E-state index in [4.69, 9.17) is 0 Å². The van der Waals surface area contributed by atoms with Gasteiger partial charge in [-0.15, -0.1) is 0 Å². The van der Waals surface area contributed by atoms with Crippen molar-refractivity contribution in [3.05, 3.63) is 48.6 Å². The minimum absolute atomic E-state index is 0.0747. The van der Waals surface area contributed by atoms with Gasteiger partial charge in [0.05, 0.1) is 18.8 Å². The molecule has 0 bridgehead atoms. The molecule has 1 amide bonds. The van der Waals surface area contributed by atoms with E-state index in [0.717, 1.165) is 38.5 Å². The number of aliphatic hydroxyl groups excluding tert-OH is 2. The fourth-order valence-corrected chi connectivity index (χ4v) is 8.15. The van der Waals surface area contributed by atoms with Crippen LogP contribution < -0.4 is 5.32 Å². The normalized spacial score (nSPS) is 13.2. The molecule has 0 aliphatic rings. The zero-order chi connectivity index (χ0) is 43.5. The molecular weight excluding hydrogens is 735 g/mol. The number of aliphatic hydroxyl groups is 2. The first-order valence-electron chi connectivity index (χ1n) is 26.9. The molecule has 2 atom stereocenters. The Morgan fingerprint density at radius 1 is 0.383 bits per heavy atom. The van der Waals surface area contributed by atoms with E-state index in [1.54, 1.807) is 6.08 Å². The summed E-state index contributed by atoms with van der Waals surface area (Å²) in [6, 6.07) is -0.645. The monoisotopic (exact) mass is 840 g/mol. The summed E-state index contributed by atoms with van der Waals surface area (Å²) in [7, 11) is 0. The van der Waals surface area contributed by atoms with Gasteiger partial charge in [0.25, 0.3) is 0 Å². The third kappa shape index (κ3) is 47.4. The average Bonchev–Trinajstić information content (AvgIpc) is 3.25. The third-order valence-electron chi connectivity index (χ3n) is 12.3. The smallest absolute Gasteiger partial charge is 0.220 e. The molecule has 0 radical (unpaired) electrons. The molecule has 4 nitrogen and oxygen atoms in total. The Bertz CT molecular complexity index is 954. The number of nitrogens with one attached hydrogen (secondary N) is 1. The highest BCUT2D eigenvalue weighted by Gasteiger charge is 2.17. The highest BCUT2D eigenvalue weighted by molar-refractivity contribution is 5.76. The van der Waals surface area contributed by atoms with E-state index in [2.05, 4.69) is 55.6 Å². The Morgan fingerprint density at radius 2 is 0.650 bits per heavy atom. The maximum absolute atomic E-state index is 12.4. The van der Waals surface area contributed by atoms with Crippen LogP contribution in [0.1, 0.15) is 284 Å². The van der Waals surface area contributed by atoms with Gasteiger partial charge >= 0.3 is 0 Å². The Balaban J connectivity index is 3.52. The molecule has 0 aliphatic carbocycles. The van der Waals surface area contributed by atoms with Crippen LogP contribution in [0, 0.1) is 0 Å². The summed E-state index contributed by atoms with van der Waals surface area (Å²) < 4.78 is 0. The number of amides is 1. The van der Waals surface area contributed by atoms with E-state index in [9.17, 15) is 15.0 Å². The molecular formula is C56H105NO3. The molecule has 2 unspecified atom stereocenters. The van der Waals surface area contributed by atoms with E-state index >= 15 is 0 Å². The van der Waals surface area contributed by atoms with Crippen molar-refractivity contribution in [1.29, 1.82) is 0 Å². The topological polar surface area (TPSA) is 69.6 Å². The molecule has 0 aromatic heterocycles. The summed E-state index contributed by atoms with van der Waals surface area (Å²) in [5.74, 6) is -0.0747. The number of rotatable bonds is 49.